The van der Waals surface area contributed by atoms with Crippen molar-refractivity contribution >= 4 is 24.0 Å². The predicted octanol–water partition coefficient (Wildman–Crippen LogP) is 0.769. The summed E-state index contributed by atoms with van der Waals surface area (Å²) in [5.41, 5.74) is 0.584. The van der Waals surface area contributed by atoms with Crippen LogP contribution < -0.4 is 14.8 Å². The van der Waals surface area contributed by atoms with Crippen molar-refractivity contribution in [2.75, 3.05) is 27.9 Å². The van der Waals surface area contributed by atoms with Crippen LogP contribution in [0.2, 0.25) is 0 Å². The Morgan fingerprint density at radius 1 is 1.22 bits per heavy atom. The highest BCUT2D eigenvalue weighted by Gasteiger charge is 2.35. The van der Waals surface area contributed by atoms with Gasteiger partial charge in [-0.2, -0.15) is 0 Å². The maximum Gasteiger partial charge on any atom is 0.329 e. The minimum atomic E-state index is -0.687. The van der Waals surface area contributed by atoms with Gasteiger partial charge in [-0.1, -0.05) is 12.1 Å². The number of rotatable bonds is 5. The number of hydrogen-bond acceptors (Lipinski definition) is 6. The SMILES string of the molecule is COC(=O)CN1C(=O)N/C(=C/c2cccc(OC)c2OC)C1=O. The van der Waals surface area contributed by atoms with E-state index in [2.05, 4.69) is 10.1 Å². The van der Waals surface area contributed by atoms with Gasteiger partial charge in [-0.3, -0.25) is 9.59 Å². The molecule has 122 valence electrons. The molecular formula is C15H16N2O6. The number of carbonyl (C=O) groups is 3. The van der Waals surface area contributed by atoms with Crippen molar-refractivity contribution in [3.63, 3.8) is 0 Å². The van der Waals surface area contributed by atoms with Crippen LogP contribution in [0.15, 0.2) is 23.9 Å². The number of esters is 1. The first-order valence-electron chi connectivity index (χ1n) is 6.64. The summed E-state index contributed by atoms with van der Waals surface area (Å²) in [5, 5.41) is 2.41. The Morgan fingerprint density at radius 2 is 1.96 bits per heavy atom. The van der Waals surface area contributed by atoms with E-state index in [1.807, 2.05) is 0 Å². The lowest BCUT2D eigenvalue weighted by atomic mass is 10.1. The Kier molecular flexibility index (Phi) is 4.85. The van der Waals surface area contributed by atoms with E-state index in [0.717, 1.165) is 4.90 Å². The average molecular weight is 320 g/mol. The lowest BCUT2D eigenvalue weighted by Gasteiger charge is -2.10. The number of benzene rings is 1. The number of methoxy groups -OCH3 is 3. The van der Waals surface area contributed by atoms with E-state index in [4.69, 9.17) is 9.47 Å². The summed E-state index contributed by atoms with van der Waals surface area (Å²) in [5.74, 6) is -0.389. The molecule has 1 saturated heterocycles. The molecule has 1 heterocycles. The van der Waals surface area contributed by atoms with Gasteiger partial charge in [0.25, 0.3) is 5.91 Å². The molecule has 1 aromatic carbocycles. The van der Waals surface area contributed by atoms with E-state index in [1.165, 1.54) is 27.4 Å². The molecule has 1 aliphatic rings. The lowest BCUT2D eigenvalue weighted by Crippen LogP contribution is -2.36. The number of imide groups is 1. The number of urea groups is 1. The molecular weight excluding hydrogens is 304 g/mol. The van der Waals surface area contributed by atoms with Crippen LogP contribution in [0, 0.1) is 0 Å². The van der Waals surface area contributed by atoms with E-state index in [1.54, 1.807) is 18.2 Å². The first-order chi connectivity index (χ1) is 11.0. The van der Waals surface area contributed by atoms with E-state index < -0.39 is 24.5 Å². The summed E-state index contributed by atoms with van der Waals surface area (Å²) in [6.07, 6.45) is 1.46. The van der Waals surface area contributed by atoms with Gasteiger partial charge in [0.05, 0.1) is 21.3 Å². The van der Waals surface area contributed by atoms with Crippen molar-refractivity contribution in [2.45, 2.75) is 0 Å². The van der Waals surface area contributed by atoms with Gasteiger partial charge in [0, 0.05) is 5.56 Å². The molecule has 1 fully saturated rings. The van der Waals surface area contributed by atoms with Gasteiger partial charge in [0.1, 0.15) is 12.2 Å². The second-order valence-electron chi connectivity index (χ2n) is 4.54. The largest absolute Gasteiger partial charge is 0.493 e. The zero-order chi connectivity index (χ0) is 17.0. The van der Waals surface area contributed by atoms with E-state index in [9.17, 15) is 14.4 Å². The minimum Gasteiger partial charge on any atom is -0.493 e. The third-order valence-electron chi connectivity index (χ3n) is 3.21. The molecule has 8 heteroatoms. The fourth-order valence-corrected chi connectivity index (χ4v) is 2.09. The van der Waals surface area contributed by atoms with Crippen LogP contribution in [-0.4, -0.2) is 50.7 Å². The van der Waals surface area contributed by atoms with Crippen molar-refractivity contribution in [1.29, 1.82) is 0 Å². The Balaban J connectivity index is 2.33. The molecule has 0 saturated carbocycles. The second kappa shape index (κ2) is 6.82. The van der Waals surface area contributed by atoms with Gasteiger partial charge in [0.2, 0.25) is 0 Å². The van der Waals surface area contributed by atoms with Crippen molar-refractivity contribution in [2.24, 2.45) is 0 Å². The van der Waals surface area contributed by atoms with Crippen LogP contribution in [0.25, 0.3) is 6.08 Å². The molecule has 8 nitrogen and oxygen atoms in total. The topological polar surface area (TPSA) is 94.2 Å². The summed E-state index contributed by atoms with van der Waals surface area (Å²) in [4.78, 5) is 36.0. The molecule has 0 aliphatic carbocycles. The van der Waals surface area contributed by atoms with Crippen LogP contribution in [0.5, 0.6) is 11.5 Å². The summed E-state index contributed by atoms with van der Waals surface area (Å²) < 4.78 is 14.9. The van der Waals surface area contributed by atoms with Gasteiger partial charge < -0.3 is 19.5 Å². The highest BCUT2D eigenvalue weighted by molar-refractivity contribution is 6.15. The monoisotopic (exact) mass is 320 g/mol. The number of para-hydroxylation sites is 1. The van der Waals surface area contributed by atoms with Crippen LogP contribution in [0.4, 0.5) is 4.79 Å². The summed E-state index contributed by atoms with van der Waals surface area (Å²) in [6, 6.07) is 4.45. The summed E-state index contributed by atoms with van der Waals surface area (Å²) >= 11 is 0. The molecule has 0 bridgehead atoms. The predicted molar refractivity (Wildman–Crippen MR) is 79.8 cm³/mol. The molecule has 0 spiro atoms. The van der Waals surface area contributed by atoms with Crippen molar-refractivity contribution in [3.8, 4) is 11.5 Å². The number of ether oxygens (including phenoxy) is 3. The van der Waals surface area contributed by atoms with Crippen LogP contribution in [0.1, 0.15) is 5.56 Å². The first-order valence-corrected chi connectivity index (χ1v) is 6.64. The van der Waals surface area contributed by atoms with Crippen LogP contribution in [-0.2, 0) is 14.3 Å². The summed E-state index contributed by atoms with van der Waals surface area (Å²) in [6.45, 7) is -0.451. The number of amides is 3. The third kappa shape index (κ3) is 3.25. The molecule has 23 heavy (non-hydrogen) atoms. The standard InChI is InChI=1S/C15H16N2O6/c1-21-11-6-4-5-9(13(11)23-3)7-10-14(19)17(15(20)16-10)8-12(18)22-2/h4-7H,8H2,1-3H3,(H,16,20)/b10-7+. The van der Waals surface area contributed by atoms with E-state index in [0.29, 0.717) is 17.1 Å². The van der Waals surface area contributed by atoms with Crippen molar-refractivity contribution in [1.82, 2.24) is 10.2 Å². The average Bonchev–Trinajstić information content (AvgIpc) is 2.81. The van der Waals surface area contributed by atoms with E-state index in [-0.39, 0.29) is 5.70 Å². The van der Waals surface area contributed by atoms with Gasteiger partial charge in [-0.15, -0.1) is 0 Å². The highest BCUT2D eigenvalue weighted by Crippen LogP contribution is 2.32. The normalized spacial score (nSPS) is 15.6. The van der Waals surface area contributed by atoms with Crippen LogP contribution in [0.3, 0.4) is 0 Å². The molecule has 1 aromatic rings. The molecule has 0 aromatic heterocycles. The van der Waals surface area contributed by atoms with Gasteiger partial charge in [-0.05, 0) is 12.1 Å². The fourth-order valence-electron chi connectivity index (χ4n) is 2.09. The zero-order valence-electron chi connectivity index (χ0n) is 12.9. The number of hydrogen-bond donors (Lipinski definition) is 1. The first kappa shape index (κ1) is 16.3. The van der Waals surface area contributed by atoms with Gasteiger partial charge >= 0.3 is 12.0 Å². The molecule has 1 N–H and O–H groups in total. The zero-order valence-corrected chi connectivity index (χ0v) is 12.9. The Morgan fingerprint density at radius 3 is 2.57 bits per heavy atom. The Labute approximate surface area is 132 Å². The Bertz CT molecular complexity index is 683. The number of nitrogens with one attached hydrogen (secondary N) is 1. The molecule has 1 aliphatic heterocycles. The minimum absolute atomic E-state index is 0.0328. The van der Waals surface area contributed by atoms with Crippen molar-refractivity contribution in [3.05, 3.63) is 29.5 Å². The van der Waals surface area contributed by atoms with Crippen molar-refractivity contribution < 1.29 is 28.6 Å². The maximum absolute atomic E-state index is 12.2. The molecule has 2 rings (SSSR count). The third-order valence-corrected chi connectivity index (χ3v) is 3.21. The number of nitrogens with zero attached hydrogens (tertiary/aromatic N) is 1. The van der Waals surface area contributed by atoms with Crippen LogP contribution >= 0.6 is 0 Å². The van der Waals surface area contributed by atoms with Gasteiger partial charge in [0.15, 0.2) is 11.5 Å². The highest BCUT2D eigenvalue weighted by atomic mass is 16.5. The molecule has 3 amide bonds. The molecule has 0 radical (unpaired) electrons. The maximum atomic E-state index is 12.2. The molecule has 0 unspecified atom stereocenters. The smallest absolute Gasteiger partial charge is 0.329 e. The second-order valence-corrected chi connectivity index (χ2v) is 4.54. The number of carbonyl (C=O) groups excluding carboxylic acids is 3. The van der Waals surface area contributed by atoms with E-state index >= 15 is 0 Å². The molecule has 0 atom stereocenters. The Hall–Kier alpha value is -3.03. The lowest BCUT2D eigenvalue weighted by molar-refractivity contribution is -0.143. The van der Waals surface area contributed by atoms with Gasteiger partial charge in [-0.25, -0.2) is 9.69 Å². The summed E-state index contributed by atoms with van der Waals surface area (Å²) in [7, 11) is 4.15. The fraction of sp³-hybridized carbons (Fsp3) is 0.267. The quantitative estimate of drug-likeness (QED) is 0.489.